The second-order valence-corrected chi connectivity index (χ2v) is 3.73. The summed E-state index contributed by atoms with van der Waals surface area (Å²) in [4.78, 5) is 15.4. The third-order valence-corrected chi connectivity index (χ3v) is 2.39. The van der Waals surface area contributed by atoms with Gasteiger partial charge in [-0.2, -0.15) is 4.98 Å². The van der Waals surface area contributed by atoms with Gasteiger partial charge in [0.25, 0.3) is 6.01 Å². The first-order valence-corrected chi connectivity index (χ1v) is 5.87. The Hall–Kier alpha value is -2.57. The van der Waals surface area contributed by atoms with Crippen LogP contribution >= 0.6 is 0 Å². The summed E-state index contributed by atoms with van der Waals surface area (Å²) in [6.07, 6.45) is 1.18. The smallest absolute Gasteiger partial charge is 0.360 e. The fourth-order valence-corrected chi connectivity index (χ4v) is 1.51. The molecular weight excluding hydrogens is 267 g/mol. The monoisotopic (exact) mass is 280 g/mol. The zero-order chi connectivity index (χ0) is 14.5. The predicted octanol–water partition coefficient (Wildman–Crippen LogP) is 2.74. The Balaban J connectivity index is 2.16. The Morgan fingerprint density at radius 1 is 1.50 bits per heavy atom. The van der Waals surface area contributed by atoms with Crippen LogP contribution in [-0.4, -0.2) is 24.7 Å². The Morgan fingerprint density at radius 2 is 2.30 bits per heavy atom. The molecule has 1 aromatic heterocycles. The molecule has 0 saturated heterocycles. The molecule has 2 aromatic rings. The number of esters is 1. The number of anilines is 2. The normalized spacial score (nSPS) is 10.2. The van der Waals surface area contributed by atoms with E-state index in [1.165, 1.54) is 31.6 Å². The standard InChI is InChI=1S/C13H13FN2O4/c1-3-19-12(17)10-7-20-13(16-10)15-9-5-4-8(14)6-11(9)18-2/h4-7H,3H2,1-2H3,(H,15,16). The highest BCUT2D eigenvalue weighted by Gasteiger charge is 2.14. The third kappa shape index (κ3) is 3.05. The molecule has 106 valence electrons. The van der Waals surface area contributed by atoms with Gasteiger partial charge in [-0.3, -0.25) is 0 Å². The van der Waals surface area contributed by atoms with Gasteiger partial charge < -0.3 is 19.2 Å². The van der Waals surface area contributed by atoms with Crippen LogP contribution in [0.25, 0.3) is 0 Å². The number of oxazole rings is 1. The molecule has 7 heteroatoms. The number of methoxy groups -OCH3 is 1. The first kappa shape index (κ1) is 13.9. The van der Waals surface area contributed by atoms with Gasteiger partial charge in [0.2, 0.25) is 0 Å². The van der Waals surface area contributed by atoms with E-state index in [0.29, 0.717) is 11.4 Å². The van der Waals surface area contributed by atoms with Crippen LogP contribution in [-0.2, 0) is 4.74 Å². The van der Waals surface area contributed by atoms with Gasteiger partial charge in [0.1, 0.15) is 17.8 Å². The second kappa shape index (κ2) is 6.05. The lowest BCUT2D eigenvalue weighted by Crippen LogP contribution is -2.05. The van der Waals surface area contributed by atoms with Crippen LogP contribution in [0.1, 0.15) is 17.4 Å². The molecule has 0 aliphatic carbocycles. The first-order chi connectivity index (χ1) is 9.63. The molecular formula is C13H13FN2O4. The predicted molar refractivity (Wildman–Crippen MR) is 68.7 cm³/mol. The molecule has 1 N–H and O–H groups in total. The lowest BCUT2D eigenvalue weighted by atomic mass is 10.3. The molecule has 0 amide bonds. The lowest BCUT2D eigenvalue weighted by Gasteiger charge is -2.07. The molecule has 0 atom stereocenters. The van der Waals surface area contributed by atoms with Gasteiger partial charge in [0.15, 0.2) is 5.69 Å². The van der Waals surface area contributed by atoms with Gasteiger partial charge in [-0.05, 0) is 19.1 Å². The molecule has 1 aromatic carbocycles. The van der Waals surface area contributed by atoms with E-state index in [1.807, 2.05) is 0 Å². The number of aromatic nitrogens is 1. The van der Waals surface area contributed by atoms with Crippen molar-refractivity contribution in [1.29, 1.82) is 0 Å². The maximum absolute atomic E-state index is 13.1. The molecule has 0 aliphatic heterocycles. The van der Waals surface area contributed by atoms with Crippen molar-refractivity contribution >= 4 is 17.7 Å². The Bertz CT molecular complexity index is 612. The molecule has 2 rings (SSSR count). The van der Waals surface area contributed by atoms with E-state index in [-0.39, 0.29) is 18.3 Å². The van der Waals surface area contributed by atoms with Gasteiger partial charge in [-0.25, -0.2) is 9.18 Å². The van der Waals surface area contributed by atoms with Crippen LogP contribution in [0.3, 0.4) is 0 Å². The topological polar surface area (TPSA) is 73.6 Å². The molecule has 0 fully saturated rings. The van der Waals surface area contributed by atoms with Crippen LogP contribution in [0, 0.1) is 5.82 Å². The number of carbonyl (C=O) groups is 1. The third-order valence-electron chi connectivity index (χ3n) is 2.39. The fourth-order valence-electron chi connectivity index (χ4n) is 1.51. The average molecular weight is 280 g/mol. The van der Waals surface area contributed by atoms with Crippen molar-refractivity contribution in [1.82, 2.24) is 4.98 Å². The van der Waals surface area contributed by atoms with Crippen molar-refractivity contribution in [2.45, 2.75) is 6.92 Å². The molecule has 0 bridgehead atoms. The highest BCUT2D eigenvalue weighted by Crippen LogP contribution is 2.27. The minimum absolute atomic E-state index is 0.0513. The quantitative estimate of drug-likeness (QED) is 0.849. The number of halogens is 1. The van der Waals surface area contributed by atoms with E-state index >= 15 is 0 Å². The number of benzene rings is 1. The molecule has 6 nitrogen and oxygen atoms in total. The van der Waals surface area contributed by atoms with E-state index in [4.69, 9.17) is 13.9 Å². The fraction of sp³-hybridized carbons (Fsp3) is 0.231. The molecule has 0 saturated carbocycles. The summed E-state index contributed by atoms with van der Waals surface area (Å²) in [6.45, 7) is 1.95. The number of rotatable bonds is 5. The van der Waals surface area contributed by atoms with Crippen LogP contribution in [0.15, 0.2) is 28.9 Å². The van der Waals surface area contributed by atoms with E-state index < -0.39 is 11.8 Å². The maximum atomic E-state index is 13.1. The number of carbonyl (C=O) groups excluding carboxylic acids is 1. The van der Waals surface area contributed by atoms with E-state index in [9.17, 15) is 9.18 Å². The zero-order valence-corrected chi connectivity index (χ0v) is 11.0. The zero-order valence-electron chi connectivity index (χ0n) is 11.0. The Morgan fingerprint density at radius 3 is 3.00 bits per heavy atom. The van der Waals surface area contributed by atoms with Crippen molar-refractivity contribution in [3.63, 3.8) is 0 Å². The van der Waals surface area contributed by atoms with Crippen molar-refractivity contribution in [3.8, 4) is 5.75 Å². The average Bonchev–Trinajstić information content (AvgIpc) is 2.89. The van der Waals surface area contributed by atoms with Crippen molar-refractivity contribution in [2.75, 3.05) is 19.0 Å². The minimum atomic E-state index is -0.574. The minimum Gasteiger partial charge on any atom is -0.494 e. The summed E-state index contributed by atoms with van der Waals surface area (Å²) in [6, 6.07) is 4.04. The Labute approximate surface area is 114 Å². The summed E-state index contributed by atoms with van der Waals surface area (Å²) in [5.74, 6) is -0.705. The molecule has 0 unspecified atom stereocenters. The highest BCUT2D eigenvalue weighted by molar-refractivity contribution is 5.87. The van der Waals surface area contributed by atoms with E-state index in [2.05, 4.69) is 10.3 Å². The number of hydrogen-bond acceptors (Lipinski definition) is 6. The number of hydrogen-bond donors (Lipinski definition) is 1. The molecule has 0 spiro atoms. The summed E-state index contributed by atoms with van der Waals surface area (Å²) in [7, 11) is 1.42. The van der Waals surface area contributed by atoms with Crippen LogP contribution in [0.5, 0.6) is 5.75 Å². The largest absolute Gasteiger partial charge is 0.494 e. The summed E-state index contributed by atoms with van der Waals surface area (Å²) in [5.41, 5.74) is 0.515. The summed E-state index contributed by atoms with van der Waals surface area (Å²) in [5, 5.41) is 2.79. The van der Waals surface area contributed by atoms with Gasteiger partial charge >= 0.3 is 5.97 Å². The Kier molecular flexibility index (Phi) is 4.19. The van der Waals surface area contributed by atoms with Gasteiger partial charge in [0.05, 0.1) is 19.4 Å². The number of nitrogens with zero attached hydrogens (tertiary/aromatic N) is 1. The number of ether oxygens (including phenoxy) is 2. The molecule has 20 heavy (non-hydrogen) atoms. The van der Waals surface area contributed by atoms with E-state index in [1.54, 1.807) is 6.92 Å². The van der Waals surface area contributed by atoms with Gasteiger partial charge in [-0.1, -0.05) is 0 Å². The van der Waals surface area contributed by atoms with Crippen LogP contribution < -0.4 is 10.1 Å². The first-order valence-electron chi connectivity index (χ1n) is 5.87. The molecule has 0 aliphatic rings. The van der Waals surface area contributed by atoms with E-state index in [0.717, 1.165) is 0 Å². The number of nitrogens with one attached hydrogen (secondary N) is 1. The van der Waals surface area contributed by atoms with Crippen molar-refractivity contribution in [3.05, 3.63) is 36.0 Å². The van der Waals surface area contributed by atoms with Gasteiger partial charge in [0, 0.05) is 6.07 Å². The van der Waals surface area contributed by atoms with Crippen molar-refractivity contribution in [2.24, 2.45) is 0 Å². The maximum Gasteiger partial charge on any atom is 0.360 e. The van der Waals surface area contributed by atoms with Crippen LogP contribution in [0.4, 0.5) is 16.1 Å². The second-order valence-electron chi connectivity index (χ2n) is 3.73. The summed E-state index contributed by atoms with van der Waals surface area (Å²) >= 11 is 0. The van der Waals surface area contributed by atoms with Crippen LogP contribution in [0.2, 0.25) is 0 Å². The lowest BCUT2D eigenvalue weighted by molar-refractivity contribution is 0.0519. The summed E-state index contributed by atoms with van der Waals surface area (Å²) < 4.78 is 28.0. The van der Waals surface area contributed by atoms with Crippen molar-refractivity contribution < 1.29 is 23.1 Å². The van der Waals surface area contributed by atoms with Gasteiger partial charge in [-0.15, -0.1) is 0 Å². The highest BCUT2D eigenvalue weighted by atomic mass is 19.1. The SMILES string of the molecule is CCOC(=O)c1coc(Nc2ccc(F)cc2OC)n1. The molecule has 0 radical (unpaired) electrons. The molecule has 1 heterocycles.